The lowest BCUT2D eigenvalue weighted by Crippen LogP contribution is -2.15. The minimum Gasteiger partial charge on any atom is -0.308 e. The number of benzene rings is 8. The molecule has 0 N–H and O–H groups in total. The second kappa shape index (κ2) is 9.19. The monoisotopic (exact) mass is 585 g/mol. The fraction of sp³-hybridized carbons (Fsp3) is 0.0667. The maximum atomic E-state index is 2.52. The third-order valence-electron chi connectivity index (χ3n) is 10.6. The largest absolute Gasteiger partial charge is 0.308 e. The maximum absolute atomic E-state index is 2.52. The predicted molar refractivity (Wildman–Crippen MR) is 196 cm³/mol. The minimum atomic E-state index is -0.0980. The highest BCUT2D eigenvalue weighted by atomic mass is 15.0. The first kappa shape index (κ1) is 25.6. The molecule has 0 saturated carbocycles. The fourth-order valence-electron chi connectivity index (χ4n) is 8.56. The number of nitrogens with zero attached hydrogens (tertiary/aromatic N) is 1. The number of para-hydroxylation sites is 2. The lowest BCUT2D eigenvalue weighted by molar-refractivity contribution is 0.661. The van der Waals surface area contributed by atoms with E-state index >= 15 is 0 Å². The number of hydrogen-bond acceptors (Lipinski definition) is 0. The molecule has 10 rings (SSSR count). The Morgan fingerprint density at radius 2 is 0.804 bits per heavy atom. The normalized spacial score (nSPS) is 13.6. The second-order valence-corrected chi connectivity index (χ2v) is 13.2. The quantitative estimate of drug-likeness (QED) is 0.178. The van der Waals surface area contributed by atoms with Crippen LogP contribution in [0.25, 0.3) is 82.1 Å². The first-order chi connectivity index (χ1) is 22.6. The molecule has 0 unspecified atom stereocenters. The fourth-order valence-corrected chi connectivity index (χ4v) is 8.56. The summed E-state index contributed by atoms with van der Waals surface area (Å²) < 4.78 is 2.50. The number of fused-ring (bicyclic) bond motifs is 10. The van der Waals surface area contributed by atoms with Crippen molar-refractivity contribution in [2.75, 3.05) is 0 Å². The molecule has 8 aromatic carbocycles. The summed E-state index contributed by atoms with van der Waals surface area (Å²) in [6.45, 7) is 4.77. The molecule has 0 amide bonds. The van der Waals surface area contributed by atoms with Gasteiger partial charge in [0, 0.05) is 27.0 Å². The summed E-state index contributed by atoms with van der Waals surface area (Å²) in [7, 11) is 0. The van der Waals surface area contributed by atoms with Gasteiger partial charge in [0.05, 0.1) is 16.7 Å². The summed E-state index contributed by atoms with van der Waals surface area (Å²) in [5.74, 6) is 0. The van der Waals surface area contributed by atoms with Crippen molar-refractivity contribution >= 4 is 54.1 Å². The SMILES string of the molecule is CC1(C)c2ccccc2-c2c1cc(-c1c3ccccc3c(-n3c4ccccc4c4ccccc43)c3ccccc13)c1ccccc21. The Morgan fingerprint density at radius 1 is 0.370 bits per heavy atom. The summed E-state index contributed by atoms with van der Waals surface area (Å²) in [6.07, 6.45) is 0. The highest BCUT2D eigenvalue weighted by molar-refractivity contribution is 6.24. The van der Waals surface area contributed by atoms with Gasteiger partial charge in [0.2, 0.25) is 0 Å². The van der Waals surface area contributed by atoms with Crippen LogP contribution in [-0.4, -0.2) is 4.57 Å². The van der Waals surface area contributed by atoms with Crippen LogP contribution in [0.5, 0.6) is 0 Å². The van der Waals surface area contributed by atoms with Gasteiger partial charge in [-0.3, -0.25) is 0 Å². The molecule has 0 radical (unpaired) electrons. The first-order valence-corrected chi connectivity index (χ1v) is 16.2. The Kier molecular flexibility index (Phi) is 5.12. The summed E-state index contributed by atoms with van der Waals surface area (Å²) in [4.78, 5) is 0. The van der Waals surface area contributed by atoms with Gasteiger partial charge in [-0.25, -0.2) is 0 Å². The van der Waals surface area contributed by atoms with E-state index in [0.717, 1.165) is 0 Å². The number of rotatable bonds is 2. The van der Waals surface area contributed by atoms with Crippen LogP contribution in [-0.2, 0) is 5.41 Å². The van der Waals surface area contributed by atoms with Gasteiger partial charge in [-0.2, -0.15) is 0 Å². The molecule has 1 nitrogen and oxygen atoms in total. The van der Waals surface area contributed by atoms with Crippen molar-refractivity contribution in [1.82, 2.24) is 4.57 Å². The Hall–Kier alpha value is -5.66. The van der Waals surface area contributed by atoms with Crippen molar-refractivity contribution in [3.8, 4) is 27.9 Å². The van der Waals surface area contributed by atoms with Crippen molar-refractivity contribution < 1.29 is 0 Å². The van der Waals surface area contributed by atoms with Crippen LogP contribution < -0.4 is 0 Å². The molecular weight excluding hydrogens is 555 g/mol. The van der Waals surface area contributed by atoms with Crippen molar-refractivity contribution in [2.45, 2.75) is 19.3 Å². The van der Waals surface area contributed by atoms with Crippen LogP contribution >= 0.6 is 0 Å². The molecular formula is C45H31N. The summed E-state index contributed by atoms with van der Waals surface area (Å²) in [5.41, 5.74) is 11.8. The van der Waals surface area contributed by atoms with E-state index in [4.69, 9.17) is 0 Å². The van der Waals surface area contributed by atoms with E-state index in [-0.39, 0.29) is 5.41 Å². The molecule has 0 bridgehead atoms. The molecule has 0 fully saturated rings. The highest BCUT2D eigenvalue weighted by Gasteiger charge is 2.37. The zero-order chi connectivity index (χ0) is 30.6. The van der Waals surface area contributed by atoms with Crippen LogP contribution in [0.2, 0.25) is 0 Å². The first-order valence-electron chi connectivity index (χ1n) is 16.2. The van der Waals surface area contributed by atoms with Gasteiger partial charge in [0.25, 0.3) is 0 Å². The molecule has 216 valence electrons. The Morgan fingerprint density at radius 3 is 1.39 bits per heavy atom. The molecule has 9 aromatic rings. The van der Waals surface area contributed by atoms with E-state index in [9.17, 15) is 0 Å². The van der Waals surface area contributed by atoms with Gasteiger partial charge in [-0.1, -0.05) is 147 Å². The van der Waals surface area contributed by atoms with E-state index < -0.39 is 0 Å². The minimum absolute atomic E-state index is 0.0980. The van der Waals surface area contributed by atoms with Crippen molar-refractivity contribution in [1.29, 1.82) is 0 Å². The summed E-state index contributed by atoms with van der Waals surface area (Å²) in [6, 6.07) is 56.3. The van der Waals surface area contributed by atoms with Gasteiger partial charge in [0.15, 0.2) is 0 Å². The molecule has 1 heterocycles. The average Bonchev–Trinajstić information content (AvgIpc) is 3.55. The van der Waals surface area contributed by atoms with E-state index in [1.807, 2.05) is 0 Å². The van der Waals surface area contributed by atoms with Gasteiger partial charge in [-0.15, -0.1) is 0 Å². The molecule has 1 aliphatic rings. The molecule has 46 heavy (non-hydrogen) atoms. The Balaban J connectivity index is 1.39. The summed E-state index contributed by atoms with van der Waals surface area (Å²) >= 11 is 0. The molecule has 1 aliphatic carbocycles. The molecule has 0 aliphatic heterocycles. The second-order valence-electron chi connectivity index (χ2n) is 13.2. The molecule has 0 spiro atoms. The standard InChI is InChI=1S/C45H31N/c1-45(2)38-24-12-9-23-36(38)43-31-18-4-3-15-28(31)37(27-39(43)45)42-32-19-5-7-21-34(32)44(35-22-8-6-20-33(35)42)46-40-25-13-10-16-29(40)30-17-11-14-26-41(30)46/h3-27H,1-2H3. The van der Waals surface area contributed by atoms with E-state index in [0.29, 0.717) is 0 Å². The molecule has 0 atom stereocenters. The van der Waals surface area contributed by atoms with Crippen molar-refractivity contribution in [3.05, 3.63) is 163 Å². The lowest BCUT2D eigenvalue weighted by atomic mass is 9.79. The predicted octanol–water partition coefficient (Wildman–Crippen LogP) is 12.2. The zero-order valence-electron chi connectivity index (χ0n) is 25.9. The van der Waals surface area contributed by atoms with E-state index in [1.54, 1.807) is 0 Å². The average molecular weight is 586 g/mol. The van der Waals surface area contributed by atoms with Crippen molar-refractivity contribution in [3.63, 3.8) is 0 Å². The zero-order valence-corrected chi connectivity index (χ0v) is 25.9. The van der Waals surface area contributed by atoms with Crippen LogP contribution in [0.15, 0.2) is 152 Å². The van der Waals surface area contributed by atoms with Crippen molar-refractivity contribution in [2.24, 2.45) is 0 Å². The van der Waals surface area contributed by atoms with Crippen LogP contribution in [0, 0.1) is 0 Å². The summed E-state index contributed by atoms with van der Waals surface area (Å²) in [5, 5.41) is 10.3. The van der Waals surface area contributed by atoms with Gasteiger partial charge < -0.3 is 4.57 Å². The lowest BCUT2D eigenvalue weighted by Gasteiger charge is -2.24. The van der Waals surface area contributed by atoms with Crippen LogP contribution in [0.4, 0.5) is 0 Å². The highest BCUT2D eigenvalue weighted by Crippen LogP contribution is 2.54. The van der Waals surface area contributed by atoms with Gasteiger partial charge in [-0.05, 0) is 73.1 Å². The van der Waals surface area contributed by atoms with Gasteiger partial charge in [0.1, 0.15) is 0 Å². The molecule has 1 heteroatoms. The van der Waals surface area contributed by atoms with Crippen LogP contribution in [0.3, 0.4) is 0 Å². The number of hydrogen-bond donors (Lipinski definition) is 0. The smallest absolute Gasteiger partial charge is 0.0619 e. The van der Waals surface area contributed by atoms with Crippen LogP contribution in [0.1, 0.15) is 25.0 Å². The Bertz CT molecular complexity index is 2610. The van der Waals surface area contributed by atoms with E-state index in [1.165, 1.54) is 93.2 Å². The maximum Gasteiger partial charge on any atom is 0.0619 e. The molecule has 1 aromatic heterocycles. The number of aromatic nitrogens is 1. The van der Waals surface area contributed by atoms with E-state index in [2.05, 4.69) is 170 Å². The van der Waals surface area contributed by atoms with Gasteiger partial charge >= 0.3 is 0 Å². The molecule has 0 saturated heterocycles. The third-order valence-corrected chi connectivity index (χ3v) is 10.6. The Labute approximate surface area is 268 Å². The third kappa shape index (κ3) is 3.25. The topological polar surface area (TPSA) is 4.93 Å².